The van der Waals surface area contributed by atoms with Crippen LogP contribution in [0.15, 0.2) is 6.33 Å². The van der Waals surface area contributed by atoms with Gasteiger partial charge in [0.05, 0.1) is 19.5 Å². The van der Waals surface area contributed by atoms with Crippen molar-refractivity contribution in [3.8, 4) is 0 Å². The van der Waals surface area contributed by atoms with E-state index in [2.05, 4.69) is 19.9 Å². The largest absolute Gasteiger partial charge is 0.382 e. The van der Waals surface area contributed by atoms with Crippen molar-refractivity contribution in [2.45, 2.75) is 23.8 Å². The highest BCUT2D eigenvalue weighted by atomic mass is 31.3. The van der Waals surface area contributed by atoms with Crippen LogP contribution in [0.3, 0.4) is 0 Å². The Balaban J connectivity index is 1.95. The molecular weight excluding hydrogens is 356 g/mol. The number of aromatic amines is 1. The van der Waals surface area contributed by atoms with Gasteiger partial charge in [0.2, 0.25) is 4.90 Å². The van der Waals surface area contributed by atoms with Crippen molar-refractivity contribution in [3.05, 3.63) is 12.2 Å². The molecule has 0 amide bonds. The van der Waals surface area contributed by atoms with Crippen molar-refractivity contribution in [3.63, 3.8) is 0 Å². The van der Waals surface area contributed by atoms with Crippen molar-refractivity contribution in [2.75, 3.05) is 26.1 Å². The van der Waals surface area contributed by atoms with Gasteiger partial charge in [-0.15, -0.1) is 0 Å². The van der Waals surface area contributed by atoms with Gasteiger partial charge in [0.15, 0.2) is 17.3 Å². The number of nitrogens with two attached hydrogens (primary N) is 1. The van der Waals surface area contributed by atoms with Crippen molar-refractivity contribution >= 4 is 31.7 Å². The van der Waals surface area contributed by atoms with Gasteiger partial charge in [-0.3, -0.25) is 9.13 Å². The summed E-state index contributed by atoms with van der Waals surface area (Å²) in [5.41, 5.74) is 6.68. The average Bonchev–Trinajstić information content (AvgIpc) is 3.08. The van der Waals surface area contributed by atoms with E-state index in [0.717, 1.165) is 0 Å². The number of fused-ring (bicyclic) bond motifs is 2. The Labute approximate surface area is 137 Å². The summed E-state index contributed by atoms with van der Waals surface area (Å²) in [5, 5.41) is -1.52. The predicted molar refractivity (Wildman–Crippen MR) is 86.0 cm³/mol. The SMILES string of the molecule is CCOP1(=O)C2(OC)C1(c1nc(N)c3[nH]cnc3n1)P2(=O)OCC. The third-order valence-corrected chi connectivity index (χ3v) is 14.2. The quantitative estimate of drug-likeness (QED) is 0.727. The molecule has 4 rings (SSSR count). The number of hydrogen-bond donors (Lipinski definition) is 2. The number of rotatable bonds is 6. The number of H-pyrrole nitrogens is 1. The zero-order valence-corrected chi connectivity index (χ0v) is 15.1. The van der Waals surface area contributed by atoms with Gasteiger partial charge in [0.25, 0.3) is 19.8 Å². The summed E-state index contributed by atoms with van der Waals surface area (Å²) < 4.78 is 43.0. The molecule has 3 N–H and O–H groups in total. The molecule has 0 bridgehead atoms. The second kappa shape index (κ2) is 4.65. The second-order valence-electron chi connectivity index (χ2n) is 5.46. The summed E-state index contributed by atoms with van der Waals surface area (Å²) in [5.74, 6) is 0.159. The number of hydrogen-bond acceptors (Lipinski definition) is 9. The van der Waals surface area contributed by atoms with E-state index >= 15 is 0 Å². The van der Waals surface area contributed by atoms with Gasteiger partial charge in [0.1, 0.15) is 5.52 Å². The van der Waals surface area contributed by atoms with Crippen LogP contribution < -0.4 is 5.73 Å². The highest BCUT2D eigenvalue weighted by Crippen LogP contribution is 3.28. The minimum absolute atomic E-state index is 0.0371. The van der Waals surface area contributed by atoms with Crippen LogP contribution in [-0.2, 0) is 27.8 Å². The Hall–Kier alpha value is -1.31. The van der Waals surface area contributed by atoms with E-state index in [1.165, 1.54) is 13.4 Å². The fourth-order valence-electron chi connectivity index (χ4n) is 3.62. The highest BCUT2D eigenvalue weighted by molar-refractivity contribution is 8.08. The first-order valence-corrected chi connectivity index (χ1v) is 10.7. The molecule has 2 aliphatic heterocycles. The Kier molecular flexibility index (Phi) is 3.13. The smallest absolute Gasteiger partial charge is 0.273 e. The number of imidazole rings is 1. The first-order chi connectivity index (χ1) is 11.4. The van der Waals surface area contributed by atoms with E-state index in [4.69, 9.17) is 19.5 Å². The van der Waals surface area contributed by atoms with Crippen LogP contribution in [0.4, 0.5) is 5.82 Å². The lowest BCUT2D eigenvalue weighted by Crippen LogP contribution is -2.08. The molecule has 2 atom stereocenters. The van der Waals surface area contributed by atoms with E-state index in [9.17, 15) is 9.13 Å². The van der Waals surface area contributed by atoms with Gasteiger partial charge < -0.3 is 24.5 Å². The first-order valence-electron chi connectivity index (χ1n) is 7.43. The fraction of sp³-hybridized carbons (Fsp3) is 0.583. The predicted octanol–water partition coefficient (Wildman–Crippen LogP) is 2.04. The van der Waals surface area contributed by atoms with Crippen molar-refractivity contribution in [2.24, 2.45) is 0 Å². The molecule has 2 saturated heterocycles. The van der Waals surface area contributed by atoms with Crippen LogP contribution in [0.2, 0.25) is 0 Å². The summed E-state index contributed by atoms with van der Waals surface area (Å²) in [7, 11) is -5.57. The molecule has 24 heavy (non-hydrogen) atoms. The van der Waals surface area contributed by atoms with E-state index in [0.29, 0.717) is 11.2 Å². The third kappa shape index (κ3) is 1.30. The molecule has 2 aliphatic rings. The summed E-state index contributed by atoms with van der Waals surface area (Å²) in [4.78, 5) is 13.9. The lowest BCUT2D eigenvalue weighted by molar-refractivity contribution is 0.166. The Bertz CT molecular complexity index is 915. The number of anilines is 1. The molecule has 130 valence electrons. The van der Waals surface area contributed by atoms with Gasteiger partial charge in [-0.05, 0) is 13.8 Å². The third-order valence-electron chi connectivity index (χ3n) is 4.54. The summed E-state index contributed by atoms with van der Waals surface area (Å²) in [6, 6.07) is 0. The van der Waals surface area contributed by atoms with Crippen LogP contribution in [0.1, 0.15) is 19.7 Å². The number of nitrogen functional groups attached to an aromatic ring is 1. The molecular formula is C12H17N5O5P2. The number of methoxy groups -OCH3 is 1. The molecule has 12 heteroatoms. The molecule has 4 heterocycles. The molecule has 0 aromatic carbocycles. The van der Waals surface area contributed by atoms with E-state index in [1.54, 1.807) is 13.8 Å². The topological polar surface area (TPSA) is 142 Å². The van der Waals surface area contributed by atoms with Crippen LogP contribution >= 0.6 is 14.7 Å². The first kappa shape index (κ1) is 16.2. The van der Waals surface area contributed by atoms with Crippen LogP contribution in [0, 0.1) is 0 Å². The van der Waals surface area contributed by atoms with Crippen molar-refractivity contribution < 1.29 is 22.9 Å². The summed E-state index contributed by atoms with van der Waals surface area (Å²) in [6.07, 6.45) is 1.42. The summed E-state index contributed by atoms with van der Waals surface area (Å²) in [6.45, 7) is 3.76. The molecule has 10 nitrogen and oxygen atoms in total. The maximum Gasteiger partial charge on any atom is 0.273 e. The monoisotopic (exact) mass is 373 g/mol. The summed E-state index contributed by atoms with van der Waals surface area (Å²) >= 11 is 0. The molecule has 0 aliphatic carbocycles. The molecule has 2 aromatic rings. The maximum atomic E-state index is 13.3. The molecule has 0 saturated carbocycles. The second-order valence-corrected chi connectivity index (χ2v) is 11.5. The van der Waals surface area contributed by atoms with Crippen LogP contribution in [0.5, 0.6) is 0 Å². The maximum absolute atomic E-state index is 13.3. The van der Waals surface area contributed by atoms with E-state index in [-0.39, 0.29) is 24.9 Å². The average molecular weight is 373 g/mol. The van der Waals surface area contributed by atoms with Gasteiger partial charge in [-0.1, -0.05) is 0 Å². The lowest BCUT2D eigenvalue weighted by atomic mass is 10.4. The minimum Gasteiger partial charge on any atom is -0.382 e. The van der Waals surface area contributed by atoms with E-state index in [1.807, 2.05) is 0 Å². The molecule has 2 unspecified atom stereocenters. The zero-order chi connectivity index (χ0) is 17.4. The van der Waals surface area contributed by atoms with Gasteiger partial charge in [-0.25, -0.2) is 15.0 Å². The lowest BCUT2D eigenvalue weighted by Gasteiger charge is -2.20. The highest BCUT2D eigenvalue weighted by Gasteiger charge is 3.21. The Morgan fingerprint density at radius 3 is 2.38 bits per heavy atom. The number of ether oxygens (including phenoxy) is 1. The molecule has 0 radical (unpaired) electrons. The molecule has 0 spiro atoms. The minimum atomic E-state index is -3.45. The Morgan fingerprint density at radius 2 is 1.83 bits per heavy atom. The number of nitrogens with one attached hydrogen (secondary N) is 1. The molecule has 2 aromatic heterocycles. The van der Waals surface area contributed by atoms with Gasteiger partial charge in [-0.2, -0.15) is 0 Å². The molecule has 2 fully saturated rings. The van der Waals surface area contributed by atoms with Crippen molar-refractivity contribution in [1.82, 2.24) is 19.9 Å². The van der Waals surface area contributed by atoms with Gasteiger partial charge >= 0.3 is 0 Å². The van der Waals surface area contributed by atoms with E-state index < -0.39 is 24.7 Å². The van der Waals surface area contributed by atoms with Gasteiger partial charge in [0, 0.05) is 7.11 Å². The van der Waals surface area contributed by atoms with Crippen LogP contribution in [0.25, 0.3) is 11.2 Å². The van der Waals surface area contributed by atoms with Crippen LogP contribution in [-0.4, -0.2) is 45.3 Å². The number of aromatic nitrogens is 4. The number of nitrogens with zero attached hydrogens (tertiary/aromatic N) is 3. The Morgan fingerprint density at radius 1 is 1.21 bits per heavy atom. The zero-order valence-electron chi connectivity index (χ0n) is 13.3. The standard InChI is InChI=1S/C12H17N5O5P2/c1-4-21-23(18)11(12(23,20-3)24(11,19)22-5-2)10-16-8(13)7-9(17-10)15-6-14-7/h6H,4-5H2,1-3H3,(H3,13,14,15,16,17). The normalized spacial score (nSPS) is 39.8. The fourth-order valence-corrected chi connectivity index (χ4v) is 14.2. The van der Waals surface area contributed by atoms with Crippen molar-refractivity contribution in [1.29, 1.82) is 0 Å².